The minimum atomic E-state index is -4.77. The van der Waals surface area contributed by atoms with Gasteiger partial charge in [-0.3, -0.25) is 0 Å². The van der Waals surface area contributed by atoms with Crippen LogP contribution in [-0.4, -0.2) is 17.4 Å². The number of hydrogen-bond acceptors (Lipinski definition) is 2. The maximum atomic E-state index is 13.2. The van der Waals surface area contributed by atoms with E-state index in [1.807, 2.05) is 0 Å². The van der Waals surface area contributed by atoms with Crippen molar-refractivity contribution in [3.63, 3.8) is 0 Å². The highest BCUT2D eigenvalue weighted by molar-refractivity contribution is 5.92. The van der Waals surface area contributed by atoms with Crippen molar-refractivity contribution in [2.24, 2.45) is 0 Å². The third kappa shape index (κ3) is 2.83. The monoisotopic (exact) mass is 298 g/mol. The summed E-state index contributed by atoms with van der Waals surface area (Å²) in [7, 11) is 0. The van der Waals surface area contributed by atoms with Gasteiger partial charge in [0.05, 0.1) is 6.10 Å². The van der Waals surface area contributed by atoms with Crippen molar-refractivity contribution in [2.75, 3.05) is 0 Å². The van der Waals surface area contributed by atoms with E-state index in [0.717, 1.165) is 6.92 Å². The Hall–Kier alpha value is -1.75. The number of aliphatic hydroxyl groups is 1. The van der Waals surface area contributed by atoms with Crippen molar-refractivity contribution < 1.29 is 23.0 Å². The Balaban J connectivity index is 2.75. The summed E-state index contributed by atoms with van der Waals surface area (Å²) >= 11 is 0. The van der Waals surface area contributed by atoms with Crippen molar-refractivity contribution in [1.29, 1.82) is 0 Å². The summed E-state index contributed by atoms with van der Waals surface area (Å²) in [6, 6.07) is 9.49. The average Bonchev–Trinajstić information content (AvgIpc) is 2.36. The molecular weight excluding hydrogens is 281 g/mol. The fraction of sp³-hybridized carbons (Fsp3) is 0.375. The highest BCUT2D eigenvalue weighted by atomic mass is 19.4. The molecule has 0 fully saturated rings. The Kier molecular flexibility index (Phi) is 3.89. The Labute approximate surface area is 121 Å². The van der Waals surface area contributed by atoms with Gasteiger partial charge in [0.15, 0.2) is 5.60 Å². The summed E-state index contributed by atoms with van der Waals surface area (Å²) in [5.74, 6) is 0.336. The molecule has 0 aliphatic carbocycles. The largest absolute Gasteiger partial charge is 0.490 e. The van der Waals surface area contributed by atoms with Crippen molar-refractivity contribution >= 4 is 10.8 Å². The number of ether oxygens (including phenoxy) is 1. The molecule has 0 amide bonds. The summed E-state index contributed by atoms with van der Waals surface area (Å²) in [5, 5.41) is 10.9. The second-order valence-corrected chi connectivity index (χ2v) is 5.40. The van der Waals surface area contributed by atoms with Crippen molar-refractivity contribution in [3.05, 3.63) is 42.0 Å². The molecular formula is C16H17F3O2. The van der Waals surface area contributed by atoms with Crippen LogP contribution in [0.25, 0.3) is 10.8 Å². The lowest BCUT2D eigenvalue weighted by Crippen LogP contribution is -2.39. The molecule has 5 heteroatoms. The molecule has 2 aromatic rings. The molecule has 0 aromatic heterocycles. The predicted molar refractivity (Wildman–Crippen MR) is 75.3 cm³/mol. The molecule has 1 atom stereocenters. The van der Waals surface area contributed by atoms with Crippen molar-refractivity contribution in [1.82, 2.24) is 0 Å². The second-order valence-electron chi connectivity index (χ2n) is 5.40. The van der Waals surface area contributed by atoms with E-state index in [1.54, 1.807) is 38.1 Å². The van der Waals surface area contributed by atoms with Crippen molar-refractivity contribution in [3.8, 4) is 5.75 Å². The third-order valence-electron chi connectivity index (χ3n) is 3.31. The van der Waals surface area contributed by atoms with Crippen LogP contribution in [0.15, 0.2) is 36.4 Å². The van der Waals surface area contributed by atoms with Gasteiger partial charge < -0.3 is 9.84 Å². The summed E-state index contributed by atoms with van der Waals surface area (Å²) < 4.78 is 45.0. The van der Waals surface area contributed by atoms with Gasteiger partial charge in [-0.2, -0.15) is 13.2 Å². The summed E-state index contributed by atoms with van der Waals surface area (Å²) in [4.78, 5) is 0. The van der Waals surface area contributed by atoms with Crippen molar-refractivity contribution in [2.45, 2.75) is 38.7 Å². The van der Waals surface area contributed by atoms with Crippen LogP contribution >= 0.6 is 0 Å². The van der Waals surface area contributed by atoms with E-state index in [1.165, 1.54) is 12.1 Å². The Morgan fingerprint density at radius 1 is 1.05 bits per heavy atom. The Morgan fingerprint density at radius 2 is 1.62 bits per heavy atom. The third-order valence-corrected chi connectivity index (χ3v) is 3.31. The maximum Gasteiger partial charge on any atom is 0.421 e. The van der Waals surface area contributed by atoms with Crippen LogP contribution in [0.1, 0.15) is 26.3 Å². The molecule has 2 nitrogen and oxygen atoms in total. The van der Waals surface area contributed by atoms with Gasteiger partial charge in [-0.05, 0) is 32.2 Å². The molecule has 0 saturated carbocycles. The zero-order chi connectivity index (χ0) is 15.8. The minimum absolute atomic E-state index is 0.181. The van der Waals surface area contributed by atoms with Crippen LogP contribution in [0.3, 0.4) is 0 Å². The van der Waals surface area contributed by atoms with E-state index >= 15 is 0 Å². The molecule has 21 heavy (non-hydrogen) atoms. The minimum Gasteiger partial charge on any atom is -0.490 e. The zero-order valence-electron chi connectivity index (χ0n) is 12.0. The SMILES string of the molecule is CC(C)Oc1cccc2cccc(C(C)(O)C(F)(F)F)c12. The first-order chi connectivity index (χ1) is 9.64. The van der Waals surface area contributed by atoms with Crippen LogP contribution < -0.4 is 4.74 Å². The Morgan fingerprint density at radius 3 is 2.14 bits per heavy atom. The molecule has 1 N–H and O–H groups in total. The highest BCUT2D eigenvalue weighted by Gasteiger charge is 2.52. The van der Waals surface area contributed by atoms with E-state index in [-0.39, 0.29) is 17.1 Å². The Bertz CT molecular complexity index is 640. The lowest BCUT2D eigenvalue weighted by molar-refractivity contribution is -0.258. The van der Waals surface area contributed by atoms with Gasteiger partial charge >= 0.3 is 6.18 Å². The molecule has 0 saturated heterocycles. The second kappa shape index (κ2) is 5.22. The lowest BCUT2D eigenvalue weighted by Gasteiger charge is -2.28. The molecule has 0 heterocycles. The topological polar surface area (TPSA) is 29.5 Å². The molecule has 0 radical (unpaired) electrons. The normalized spacial score (nSPS) is 15.2. The first-order valence-electron chi connectivity index (χ1n) is 6.62. The summed E-state index contributed by atoms with van der Waals surface area (Å²) in [6.45, 7) is 4.35. The van der Waals surface area contributed by atoms with E-state index in [4.69, 9.17) is 4.74 Å². The predicted octanol–water partition coefficient (Wildman–Crippen LogP) is 4.40. The van der Waals surface area contributed by atoms with E-state index in [2.05, 4.69) is 0 Å². The number of hydrogen-bond donors (Lipinski definition) is 1. The summed E-state index contributed by atoms with van der Waals surface area (Å²) in [5.41, 5.74) is -3.15. The van der Waals surface area contributed by atoms with Gasteiger partial charge in [0.2, 0.25) is 0 Å². The molecule has 2 aromatic carbocycles. The zero-order valence-corrected chi connectivity index (χ0v) is 12.0. The lowest BCUT2D eigenvalue weighted by atomic mass is 9.90. The van der Waals surface area contributed by atoms with Crippen LogP contribution in [0.5, 0.6) is 5.75 Å². The number of rotatable bonds is 3. The van der Waals surface area contributed by atoms with Crippen LogP contribution in [0.2, 0.25) is 0 Å². The van der Waals surface area contributed by atoms with E-state index < -0.39 is 11.8 Å². The number of benzene rings is 2. The van der Waals surface area contributed by atoms with E-state index in [9.17, 15) is 18.3 Å². The van der Waals surface area contributed by atoms with Crippen LogP contribution in [-0.2, 0) is 5.60 Å². The molecule has 0 aliphatic rings. The quantitative estimate of drug-likeness (QED) is 0.910. The number of alkyl halides is 3. The standard InChI is InChI=1S/C16H17F3O2/c1-10(2)21-13-9-5-7-11-6-4-8-12(14(11)13)15(3,20)16(17,18)19/h4-10,20H,1-3H3. The van der Waals surface area contributed by atoms with E-state index in [0.29, 0.717) is 11.1 Å². The molecule has 114 valence electrons. The number of halogens is 3. The van der Waals surface area contributed by atoms with Crippen LogP contribution in [0.4, 0.5) is 13.2 Å². The molecule has 0 aliphatic heterocycles. The van der Waals surface area contributed by atoms with Gasteiger partial charge in [-0.15, -0.1) is 0 Å². The van der Waals surface area contributed by atoms with Gasteiger partial charge in [-0.25, -0.2) is 0 Å². The van der Waals surface area contributed by atoms with Crippen LogP contribution in [0, 0.1) is 0 Å². The van der Waals surface area contributed by atoms with Gasteiger partial charge in [0.25, 0.3) is 0 Å². The average molecular weight is 298 g/mol. The maximum absolute atomic E-state index is 13.2. The van der Waals surface area contributed by atoms with Gasteiger partial charge in [0.1, 0.15) is 5.75 Å². The molecule has 1 unspecified atom stereocenters. The fourth-order valence-corrected chi connectivity index (χ4v) is 2.22. The molecule has 2 rings (SSSR count). The first kappa shape index (κ1) is 15.6. The molecule has 0 bridgehead atoms. The van der Waals surface area contributed by atoms with Gasteiger partial charge in [0, 0.05) is 10.9 Å². The summed E-state index contributed by atoms with van der Waals surface area (Å²) in [6.07, 6.45) is -4.95. The number of fused-ring (bicyclic) bond motifs is 1. The highest BCUT2D eigenvalue weighted by Crippen LogP contribution is 2.43. The smallest absolute Gasteiger partial charge is 0.421 e. The molecule has 0 spiro atoms. The van der Waals surface area contributed by atoms with Gasteiger partial charge in [-0.1, -0.05) is 30.3 Å². The first-order valence-corrected chi connectivity index (χ1v) is 6.62. The fourth-order valence-electron chi connectivity index (χ4n) is 2.22.